The van der Waals surface area contributed by atoms with Crippen LogP contribution in [0.25, 0.3) is 0 Å². The van der Waals surface area contributed by atoms with Crippen LogP contribution in [0, 0.1) is 11.7 Å². The Morgan fingerprint density at radius 1 is 1.09 bits per heavy atom. The van der Waals surface area contributed by atoms with E-state index in [0.29, 0.717) is 6.04 Å². The molecular formula is C18H27FN2O. The van der Waals surface area contributed by atoms with Gasteiger partial charge in [-0.3, -0.25) is 4.90 Å². The third-order valence-corrected chi connectivity index (χ3v) is 5.08. The van der Waals surface area contributed by atoms with Gasteiger partial charge in [-0.05, 0) is 69.5 Å². The summed E-state index contributed by atoms with van der Waals surface area (Å²) in [4.78, 5) is 5.03. The Morgan fingerprint density at radius 3 is 2.50 bits per heavy atom. The Kier molecular flexibility index (Phi) is 5.32. The fraction of sp³-hybridized carbons (Fsp3) is 0.667. The maximum atomic E-state index is 13.0. The summed E-state index contributed by atoms with van der Waals surface area (Å²) in [6, 6.07) is 7.56. The molecule has 2 aliphatic rings. The van der Waals surface area contributed by atoms with Gasteiger partial charge in [0, 0.05) is 38.0 Å². The molecule has 1 aromatic carbocycles. The Bertz CT molecular complexity index is 457. The Labute approximate surface area is 133 Å². The highest BCUT2D eigenvalue weighted by molar-refractivity contribution is 5.47. The fourth-order valence-electron chi connectivity index (χ4n) is 3.70. The first kappa shape index (κ1) is 15.8. The largest absolute Gasteiger partial charge is 0.381 e. The maximum Gasteiger partial charge on any atom is 0.123 e. The quantitative estimate of drug-likeness (QED) is 0.831. The minimum absolute atomic E-state index is 0.157. The fourth-order valence-corrected chi connectivity index (χ4v) is 3.70. The van der Waals surface area contributed by atoms with Crippen LogP contribution >= 0.6 is 0 Å². The van der Waals surface area contributed by atoms with Gasteiger partial charge in [0.1, 0.15) is 5.82 Å². The van der Waals surface area contributed by atoms with Crippen molar-refractivity contribution in [2.75, 3.05) is 44.3 Å². The Balaban J connectivity index is 1.48. The second-order valence-electron chi connectivity index (χ2n) is 6.50. The van der Waals surface area contributed by atoms with Gasteiger partial charge in [-0.1, -0.05) is 0 Å². The predicted molar refractivity (Wildman–Crippen MR) is 87.8 cm³/mol. The molecule has 0 radical (unpaired) electrons. The summed E-state index contributed by atoms with van der Waals surface area (Å²) < 4.78 is 18.6. The number of nitrogens with zero attached hydrogens (tertiary/aromatic N) is 2. The van der Waals surface area contributed by atoms with Gasteiger partial charge >= 0.3 is 0 Å². The molecule has 2 heterocycles. The molecule has 0 unspecified atom stereocenters. The lowest BCUT2D eigenvalue weighted by molar-refractivity contribution is 0.0638. The van der Waals surface area contributed by atoms with Crippen LogP contribution < -0.4 is 4.90 Å². The molecule has 0 aromatic heterocycles. The number of rotatable bonds is 5. The van der Waals surface area contributed by atoms with Crippen LogP contribution in [0.1, 0.15) is 26.2 Å². The molecule has 0 N–H and O–H groups in total. The molecule has 0 bridgehead atoms. The standard InChI is InChI=1S/C18H27FN2O/c1-2-22-14-15-7-10-20(11-8-15)18-9-12-21(13-18)17-5-3-16(19)4-6-17/h3-6,15,18H,2,7-14H2,1H3/t18-/m1/s1. The third kappa shape index (κ3) is 3.79. The zero-order valence-electron chi connectivity index (χ0n) is 13.5. The van der Waals surface area contributed by atoms with E-state index in [0.717, 1.165) is 37.9 Å². The molecule has 3 rings (SSSR count). The summed E-state index contributed by atoms with van der Waals surface area (Å²) in [6.07, 6.45) is 3.73. The second-order valence-corrected chi connectivity index (χ2v) is 6.50. The van der Waals surface area contributed by atoms with Crippen molar-refractivity contribution in [2.24, 2.45) is 5.92 Å². The molecule has 2 saturated heterocycles. The van der Waals surface area contributed by atoms with Crippen molar-refractivity contribution in [1.29, 1.82) is 0 Å². The summed E-state index contributed by atoms with van der Waals surface area (Å²) in [5, 5.41) is 0. The lowest BCUT2D eigenvalue weighted by Gasteiger charge is -2.36. The van der Waals surface area contributed by atoms with Gasteiger partial charge in [0.2, 0.25) is 0 Å². The zero-order valence-corrected chi connectivity index (χ0v) is 13.5. The lowest BCUT2D eigenvalue weighted by Crippen LogP contribution is -2.43. The van der Waals surface area contributed by atoms with Crippen molar-refractivity contribution >= 4 is 5.69 Å². The average molecular weight is 306 g/mol. The van der Waals surface area contributed by atoms with Gasteiger partial charge in [-0.2, -0.15) is 0 Å². The van der Waals surface area contributed by atoms with Crippen LogP contribution in [-0.2, 0) is 4.74 Å². The monoisotopic (exact) mass is 306 g/mol. The number of hydrogen-bond donors (Lipinski definition) is 0. The van der Waals surface area contributed by atoms with E-state index >= 15 is 0 Å². The van der Waals surface area contributed by atoms with Gasteiger partial charge < -0.3 is 9.64 Å². The Morgan fingerprint density at radius 2 is 1.82 bits per heavy atom. The molecule has 1 atom stereocenters. The molecular weight excluding hydrogens is 279 g/mol. The molecule has 122 valence electrons. The van der Waals surface area contributed by atoms with Crippen molar-refractivity contribution in [2.45, 2.75) is 32.2 Å². The first-order valence-corrected chi connectivity index (χ1v) is 8.58. The van der Waals surface area contributed by atoms with Crippen molar-refractivity contribution in [1.82, 2.24) is 4.90 Å². The number of halogens is 1. The first-order valence-electron chi connectivity index (χ1n) is 8.58. The Hall–Kier alpha value is -1.13. The van der Waals surface area contributed by atoms with Gasteiger partial charge in [0.25, 0.3) is 0 Å². The van der Waals surface area contributed by atoms with Gasteiger partial charge in [0.15, 0.2) is 0 Å². The molecule has 0 aliphatic carbocycles. The smallest absolute Gasteiger partial charge is 0.123 e. The van der Waals surface area contributed by atoms with Crippen LogP contribution in [-0.4, -0.2) is 50.3 Å². The molecule has 4 heteroatoms. The molecule has 1 aromatic rings. The third-order valence-electron chi connectivity index (χ3n) is 5.08. The second kappa shape index (κ2) is 7.42. The number of hydrogen-bond acceptors (Lipinski definition) is 3. The van der Waals surface area contributed by atoms with Crippen molar-refractivity contribution in [3.8, 4) is 0 Å². The molecule has 0 amide bonds. The van der Waals surface area contributed by atoms with E-state index in [2.05, 4.69) is 16.7 Å². The normalized spacial score (nSPS) is 24.1. The van der Waals surface area contributed by atoms with E-state index in [4.69, 9.17) is 4.74 Å². The number of ether oxygens (including phenoxy) is 1. The summed E-state index contributed by atoms with van der Waals surface area (Å²) in [6.45, 7) is 8.36. The summed E-state index contributed by atoms with van der Waals surface area (Å²) in [5.74, 6) is 0.585. The number of benzene rings is 1. The van der Waals surface area contributed by atoms with Crippen LogP contribution in [0.15, 0.2) is 24.3 Å². The first-order chi connectivity index (χ1) is 10.8. The molecule has 22 heavy (non-hydrogen) atoms. The van der Waals surface area contributed by atoms with Crippen LogP contribution in [0.2, 0.25) is 0 Å². The average Bonchev–Trinajstić information content (AvgIpc) is 3.04. The highest BCUT2D eigenvalue weighted by Crippen LogP contribution is 2.26. The summed E-state index contributed by atoms with van der Waals surface area (Å²) in [7, 11) is 0. The lowest BCUT2D eigenvalue weighted by atomic mass is 9.96. The SMILES string of the molecule is CCOCC1CCN([C@@H]2CCN(c3ccc(F)cc3)C2)CC1. The number of piperidine rings is 1. The van der Waals surface area contributed by atoms with Crippen LogP contribution in [0.3, 0.4) is 0 Å². The minimum Gasteiger partial charge on any atom is -0.381 e. The molecule has 0 spiro atoms. The van der Waals surface area contributed by atoms with E-state index in [1.807, 2.05) is 12.1 Å². The maximum absolute atomic E-state index is 13.0. The van der Waals surface area contributed by atoms with E-state index in [-0.39, 0.29) is 5.82 Å². The number of likely N-dealkylation sites (tertiary alicyclic amines) is 1. The van der Waals surface area contributed by atoms with Gasteiger partial charge in [-0.25, -0.2) is 4.39 Å². The van der Waals surface area contributed by atoms with Gasteiger partial charge in [-0.15, -0.1) is 0 Å². The van der Waals surface area contributed by atoms with Crippen molar-refractivity contribution in [3.05, 3.63) is 30.1 Å². The number of anilines is 1. The molecule has 0 saturated carbocycles. The van der Waals surface area contributed by atoms with E-state index < -0.39 is 0 Å². The van der Waals surface area contributed by atoms with E-state index in [9.17, 15) is 4.39 Å². The molecule has 3 nitrogen and oxygen atoms in total. The van der Waals surface area contributed by atoms with E-state index in [1.165, 1.54) is 32.4 Å². The van der Waals surface area contributed by atoms with Gasteiger partial charge in [0.05, 0.1) is 0 Å². The van der Waals surface area contributed by atoms with Crippen molar-refractivity contribution in [3.63, 3.8) is 0 Å². The summed E-state index contributed by atoms with van der Waals surface area (Å²) >= 11 is 0. The highest BCUT2D eigenvalue weighted by atomic mass is 19.1. The zero-order chi connectivity index (χ0) is 15.4. The topological polar surface area (TPSA) is 15.7 Å². The molecule has 2 aliphatic heterocycles. The van der Waals surface area contributed by atoms with Crippen molar-refractivity contribution < 1.29 is 9.13 Å². The van der Waals surface area contributed by atoms with Crippen LogP contribution in [0.5, 0.6) is 0 Å². The van der Waals surface area contributed by atoms with Crippen LogP contribution in [0.4, 0.5) is 10.1 Å². The summed E-state index contributed by atoms with van der Waals surface area (Å²) in [5.41, 5.74) is 1.15. The minimum atomic E-state index is -0.157. The molecule has 2 fully saturated rings. The highest BCUT2D eigenvalue weighted by Gasteiger charge is 2.30. The predicted octanol–water partition coefficient (Wildman–Crippen LogP) is 3.15. The van der Waals surface area contributed by atoms with E-state index in [1.54, 1.807) is 12.1 Å².